The van der Waals surface area contributed by atoms with Crippen molar-refractivity contribution in [3.63, 3.8) is 0 Å². The number of primary amides is 1. The van der Waals surface area contributed by atoms with E-state index in [2.05, 4.69) is 17.5 Å². The quantitative estimate of drug-likeness (QED) is 0.390. The van der Waals surface area contributed by atoms with E-state index in [9.17, 15) is 4.79 Å². The van der Waals surface area contributed by atoms with Gasteiger partial charge in [0.05, 0.1) is 15.8 Å². The second kappa shape index (κ2) is 10.2. The van der Waals surface area contributed by atoms with Crippen LogP contribution in [0.15, 0.2) is 29.4 Å². The first-order valence-electron chi connectivity index (χ1n) is 7.28. The summed E-state index contributed by atoms with van der Waals surface area (Å²) in [5, 5.41) is 5.04. The number of carbonyl (C=O) groups is 1. The highest BCUT2D eigenvalue weighted by molar-refractivity contribution is 6.42. The predicted octanol–water partition coefficient (Wildman–Crippen LogP) is 5.00. The summed E-state index contributed by atoms with van der Waals surface area (Å²) in [5.74, 6) is 0. The number of nitrogens with zero attached hydrogens (tertiary/aromatic N) is 1. The maximum absolute atomic E-state index is 10.8. The van der Waals surface area contributed by atoms with Gasteiger partial charge in [0, 0.05) is 0 Å². The molecule has 0 saturated carbocycles. The SMILES string of the molecule is CCCCCCC(/C=C\c1ccc(Cl)c(Cl)c1)=N\NC(N)=O. The van der Waals surface area contributed by atoms with Crippen molar-refractivity contribution in [3.8, 4) is 0 Å². The standard InChI is InChI=1S/C16H21Cl2N3O/c1-2-3-4-5-6-13(20-21-16(19)22)9-7-12-8-10-14(17)15(18)11-12/h7-11H,2-6H2,1H3,(H3,19,21,22)/b9-7-,20-13+. The fraction of sp³-hybridized carbons (Fsp3) is 0.375. The molecule has 1 rings (SSSR count). The smallest absolute Gasteiger partial charge is 0.332 e. The Morgan fingerprint density at radius 2 is 2.05 bits per heavy atom. The van der Waals surface area contributed by atoms with Crippen molar-refractivity contribution in [2.75, 3.05) is 0 Å². The molecule has 1 aromatic carbocycles. The van der Waals surface area contributed by atoms with Crippen LogP contribution in [0.2, 0.25) is 10.0 Å². The van der Waals surface area contributed by atoms with E-state index in [1.807, 2.05) is 18.2 Å². The van der Waals surface area contributed by atoms with Crippen LogP contribution in [0, 0.1) is 0 Å². The summed E-state index contributed by atoms with van der Waals surface area (Å²) in [6.45, 7) is 2.16. The van der Waals surface area contributed by atoms with Crippen molar-refractivity contribution in [2.24, 2.45) is 10.8 Å². The first-order valence-corrected chi connectivity index (χ1v) is 8.03. The van der Waals surface area contributed by atoms with Crippen LogP contribution in [-0.4, -0.2) is 11.7 Å². The fourth-order valence-corrected chi connectivity index (χ4v) is 2.15. The molecule has 1 aromatic rings. The van der Waals surface area contributed by atoms with E-state index >= 15 is 0 Å². The van der Waals surface area contributed by atoms with Crippen LogP contribution in [0.5, 0.6) is 0 Å². The van der Waals surface area contributed by atoms with Crippen LogP contribution >= 0.6 is 23.2 Å². The van der Waals surface area contributed by atoms with Crippen LogP contribution < -0.4 is 11.2 Å². The summed E-state index contributed by atoms with van der Waals surface area (Å²) in [5.41, 5.74) is 9.00. The van der Waals surface area contributed by atoms with Gasteiger partial charge < -0.3 is 5.73 Å². The number of hydrogen-bond acceptors (Lipinski definition) is 2. The van der Waals surface area contributed by atoms with Crippen molar-refractivity contribution >= 4 is 41.0 Å². The number of halogens is 2. The molecule has 0 fully saturated rings. The van der Waals surface area contributed by atoms with Gasteiger partial charge in [0.15, 0.2) is 0 Å². The Kier molecular flexibility index (Phi) is 8.63. The highest BCUT2D eigenvalue weighted by atomic mass is 35.5. The predicted molar refractivity (Wildman–Crippen MR) is 94.4 cm³/mol. The highest BCUT2D eigenvalue weighted by Gasteiger charge is 2.00. The van der Waals surface area contributed by atoms with E-state index in [-0.39, 0.29) is 0 Å². The second-order valence-corrected chi connectivity index (χ2v) is 5.71. The van der Waals surface area contributed by atoms with Gasteiger partial charge in [-0.25, -0.2) is 10.2 Å². The molecule has 3 N–H and O–H groups in total. The first kappa shape index (κ1) is 18.5. The summed E-state index contributed by atoms with van der Waals surface area (Å²) in [4.78, 5) is 10.8. The van der Waals surface area contributed by atoms with Gasteiger partial charge in [0.25, 0.3) is 0 Å². The minimum atomic E-state index is -0.672. The minimum Gasteiger partial charge on any atom is -0.350 e. The number of hydrogen-bond donors (Lipinski definition) is 2. The molecule has 0 spiro atoms. The Bertz CT molecular complexity index is 556. The molecule has 4 nitrogen and oxygen atoms in total. The van der Waals surface area contributed by atoms with Gasteiger partial charge in [-0.05, 0) is 36.6 Å². The molecule has 0 aliphatic carbocycles. The van der Waals surface area contributed by atoms with Gasteiger partial charge in [-0.15, -0.1) is 0 Å². The van der Waals surface area contributed by atoms with E-state index < -0.39 is 6.03 Å². The molecule has 0 aliphatic heterocycles. The van der Waals surface area contributed by atoms with Gasteiger partial charge in [-0.3, -0.25) is 0 Å². The van der Waals surface area contributed by atoms with Crippen LogP contribution in [0.1, 0.15) is 44.6 Å². The van der Waals surface area contributed by atoms with E-state index in [1.165, 1.54) is 12.8 Å². The monoisotopic (exact) mass is 341 g/mol. The fourth-order valence-electron chi connectivity index (χ4n) is 1.84. The van der Waals surface area contributed by atoms with Crippen molar-refractivity contribution in [2.45, 2.75) is 39.0 Å². The number of hydrazone groups is 1. The van der Waals surface area contributed by atoms with Gasteiger partial charge in [-0.1, -0.05) is 61.5 Å². The van der Waals surface area contributed by atoms with Crippen molar-refractivity contribution in [1.29, 1.82) is 0 Å². The molecule has 22 heavy (non-hydrogen) atoms. The molecular weight excluding hydrogens is 321 g/mol. The lowest BCUT2D eigenvalue weighted by Crippen LogP contribution is -2.25. The van der Waals surface area contributed by atoms with E-state index in [0.717, 1.165) is 30.5 Å². The minimum absolute atomic E-state index is 0.500. The van der Waals surface area contributed by atoms with Gasteiger partial charge in [0.2, 0.25) is 0 Å². The zero-order valence-corrected chi connectivity index (χ0v) is 14.1. The summed E-state index contributed by atoms with van der Waals surface area (Å²) >= 11 is 11.9. The zero-order chi connectivity index (χ0) is 16.4. The average molecular weight is 342 g/mol. The molecule has 0 saturated heterocycles. The Balaban J connectivity index is 2.72. The lowest BCUT2D eigenvalue weighted by atomic mass is 10.1. The van der Waals surface area contributed by atoms with Crippen LogP contribution in [0.25, 0.3) is 6.08 Å². The van der Waals surface area contributed by atoms with Crippen LogP contribution in [0.4, 0.5) is 4.79 Å². The molecule has 6 heteroatoms. The largest absolute Gasteiger partial charge is 0.350 e. The second-order valence-electron chi connectivity index (χ2n) is 4.90. The molecule has 0 aliphatic rings. The molecule has 0 atom stereocenters. The van der Waals surface area contributed by atoms with Gasteiger partial charge >= 0.3 is 6.03 Å². The molecular formula is C16H21Cl2N3O. The van der Waals surface area contributed by atoms with E-state index in [1.54, 1.807) is 12.1 Å². The summed E-state index contributed by atoms with van der Waals surface area (Å²) < 4.78 is 0. The third-order valence-corrected chi connectivity index (χ3v) is 3.75. The zero-order valence-electron chi connectivity index (χ0n) is 12.6. The lowest BCUT2D eigenvalue weighted by Gasteiger charge is -2.03. The molecule has 2 amide bonds. The van der Waals surface area contributed by atoms with Crippen molar-refractivity contribution < 1.29 is 4.79 Å². The summed E-state index contributed by atoms with van der Waals surface area (Å²) in [6.07, 6.45) is 9.01. The van der Waals surface area contributed by atoms with Gasteiger partial charge in [0.1, 0.15) is 0 Å². The van der Waals surface area contributed by atoms with E-state index in [0.29, 0.717) is 10.0 Å². The number of nitrogens with two attached hydrogens (primary N) is 1. The highest BCUT2D eigenvalue weighted by Crippen LogP contribution is 2.23. The molecule has 0 heterocycles. The number of amides is 2. The maximum atomic E-state index is 10.8. The normalized spacial score (nSPS) is 11.9. The number of urea groups is 1. The summed E-state index contributed by atoms with van der Waals surface area (Å²) in [7, 11) is 0. The molecule has 0 unspecified atom stereocenters. The lowest BCUT2D eigenvalue weighted by molar-refractivity contribution is 0.249. The number of rotatable bonds is 8. The molecule has 0 aromatic heterocycles. The molecule has 120 valence electrons. The Morgan fingerprint density at radius 3 is 2.68 bits per heavy atom. The third-order valence-electron chi connectivity index (χ3n) is 3.01. The molecule has 0 radical (unpaired) electrons. The number of carbonyl (C=O) groups excluding carboxylic acids is 1. The summed E-state index contributed by atoms with van der Waals surface area (Å²) in [6, 6.07) is 4.70. The molecule has 0 bridgehead atoms. The maximum Gasteiger partial charge on any atom is 0.332 e. The average Bonchev–Trinajstić information content (AvgIpc) is 2.48. The number of nitrogens with one attached hydrogen (secondary N) is 1. The third kappa shape index (κ3) is 7.48. The topological polar surface area (TPSA) is 67.5 Å². The van der Waals surface area contributed by atoms with Crippen molar-refractivity contribution in [3.05, 3.63) is 39.9 Å². The number of benzene rings is 1. The number of unbranched alkanes of at least 4 members (excludes halogenated alkanes) is 3. The van der Waals surface area contributed by atoms with Gasteiger partial charge in [-0.2, -0.15) is 5.10 Å². The Labute approximate surface area is 141 Å². The van der Waals surface area contributed by atoms with Crippen molar-refractivity contribution in [1.82, 2.24) is 5.43 Å². The van der Waals surface area contributed by atoms with Crippen LogP contribution in [-0.2, 0) is 0 Å². The van der Waals surface area contributed by atoms with Crippen LogP contribution in [0.3, 0.4) is 0 Å². The Morgan fingerprint density at radius 1 is 1.27 bits per heavy atom. The number of allylic oxidation sites excluding steroid dienone is 1. The first-order chi connectivity index (χ1) is 10.5. The Hall–Kier alpha value is -1.52. The van der Waals surface area contributed by atoms with E-state index in [4.69, 9.17) is 28.9 Å².